The van der Waals surface area contributed by atoms with Crippen LogP contribution in [0.3, 0.4) is 0 Å². The highest BCUT2D eigenvalue weighted by atomic mass is 16.5. The van der Waals surface area contributed by atoms with Crippen molar-refractivity contribution < 1.29 is 9.53 Å². The van der Waals surface area contributed by atoms with Gasteiger partial charge in [0.2, 0.25) is 5.91 Å². The number of hydrogen-bond acceptors (Lipinski definition) is 3. The van der Waals surface area contributed by atoms with E-state index < -0.39 is 5.41 Å². The number of rotatable bonds is 7. The number of nitrogens with one attached hydrogen (secondary N) is 2. The fraction of sp³-hybridized carbons (Fsp3) is 0.471. The van der Waals surface area contributed by atoms with Crippen LogP contribution in [0.15, 0.2) is 24.3 Å². The summed E-state index contributed by atoms with van der Waals surface area (Å²) in [5.41, 5.74) is 0.637. The third-order valence-electron chi connectivity index (χ3n) is 3.37. The number of carbonyl (C=O) groups is 1. The Kier molecular flexibility index (Phi) is 6.26. The van der Waals surface area contributed by atoms with Gasteiger partial charge >= 0.3 is 0 Å². The fourth-order valence-electron chi connectivity index (χ4n) is 1.94. The highest BCUT2D eigenvalue weighted by Gasteiger charge is 2.26. The van der Waals surface area contributed by atoms with Crippen LogP contribution in [-0.2, 0) is 4.79 Å². The lowest BCUT2D eigenvalue weighted by Crippen LogP contribution is -2.42. The van der Waals surface area contributed by atoms with Gasteiger partial charge in [-0.3, -0.25) is 4.79 Å². The second-order valence-corrected chi connectivity index (χ2v) is 5.63. The summed E-state index contributed by atoms with van der Waals surface area (Å²) in [4.78, 5) is 11.8. The minimum absolute atomic E-state index is 0.0216. The summed E-state index contributed by atoms with van der Waals surface area (Å²) in [6.07, 6.45) is 5.19. The molecule has 1 atom stereocenters. The molecule has 0 spiro atoms. The van der Waals surface area contributed by atoms with E-state index in [4.69, 9.17) is 11.2 Å². The van der Waals surface area contributed by atoms with Gasteiger partial charge in [0.1, 0.15) is 12.4 Å². The van der Waals surface area contributed by atoms with Crippen molar-refractivity contribution >= 4 is 5.91 Å². The van der Waals surface area contributed by atoms with E-state index in [1.807, 2.05) is 38.1 Å². The normalized spacial score (nSPS) is 12.3. The Balaban J connectivity index is 2.65. The van der Waals surface area contributed by atoms with Crippen molar-refractivity contribution in [2.24, 2.45) is 5.41 Å². The molecule has 0 aromatic heterocycles. The quantitative estimate of drug-likeness (QED) is 0.756. The topological polar surface area (TPSA) is 50.4 Å². The minimum atomic E-state index is -0.458. The SMILES string of the molecule is C#CCOc1cccc(C(C)NCC(C)(C)C(=O)NC)c1. The molecular formula is C17H24N2O2. The zero-order chi connectivity index (χ0) is 15.9. The monoisotopic (exact) mass is 288 g/mol. The number of benzene rings is 1. The second kappa shape index (κ2) is 7.70. The first-order valence-corrected chi connectivity index (χ1v) is 7.02. The van der Waals surface area contributed by atoms with Crippen molar-refractivity contribution in [1.29, 1.82) is 0 Å². The number of terminal acetylenes is 1. The molecule has 1 amide bonds. The van der Waals surface area contributed by atoms with Gasteiger partial charge < -0.3 is 15.4 Å². The van der Waals surface area contributed by atoms with Crippen molar-refractivity contribution in [2.45, 2.75) is 26.8 Å². The summed E-state index contributed by atoms with van der Waals surface area (Å²) in [6.45, 7) is 6.73. The molecule has 0 saturated heterocycles. The van der Waals surface area contributed by atoms with Crippen LogP contribution < -0.4 is 15.4 Å². The van der Waals surface area contributed by atoms with E-state index in [1.54, 1.807) is 7.05 Å². The van der Waals surface area contributed by atoms with Crippen LogP contribution in [0.25, 0.3) is 0 Å². The molecular weight excluding hydrogens is 264 g/mol. The summed E-state index contributed by atoms with van der Waals surface area (Å²) in [5.74, 6) is 3.22. The van der Waals surface area contributed by atoms with Gasteiger partial charge in [-0.25, -0.2) is 0 Å². The predicted molar refractivity (Wildman–Crippen MR) is 85.0 cm³/mol. The van der Waals surface area contributed by atoms with Gasteiger partial charge in [-0.1, -0.05) is 18.1 Å². The Morgan fingerprint density at radius 2 is 2.19 bits per heavy atom. The lowest BCUT2D eigenvalue weighted by molar-refractivity contribution is -0.128. The number of hydrogen-bond donors (Lipinski definition) is 2. The van der Waals surface area contributed by atoms with Gasteiger partial charge in [-0.15, -0.1) is 6.42 Å². The van der Waals surface area contributed by atoms with Crippen LogP contribution in [0.4, 0.5) is 0 Å². The molecule has 0 saturated carbocycles. The van der Waals surface area contributed by atoms with E-state index in [0.29, 0.717) is 6.54 Å². The smallest absolute Gasteiger partial charge is 0.226 e. The predicted octanol–water partition coefficient (Wildman–Crippen LogP) is 2.12. The maximum absolute atomic E-state index is 11.8. The van der Waals surface area contributed by atoms with E-state index in [9.17, 15) is 4.79 Å². The molecule has 1 rings (SSSR count). The van der Waals surface area contributed by atoms with Crippen molar-refractivity contribution in [3.8, 4) is 18.1 Å². The summed E-state index contributed by atoms with van der Waals surface area (Å²) in [7, 11) is 1.65. The molecule has 4 heteroatoms. The van der Waals surface area contributed by atoms with Gasteiger partial charge in [0, 0.05) is 19.6 Å². The van der Waals surface area contributed by atoms with Crippen LogP contribution >= 0.6 is 0 Å². The lowest BCUT2D eigenvalue weighted by Gasteiger charge is -2.25. The molecule has 0 bridgehead atoms. The molecule has 21 heavy (non-hydrogen) atoms. The Hall–Kier alpha value is -1.99. The van der Waals surface area contributed by atoms with Gasteiger partial charge in [-0.05, 0) is 38.5 Å². The first-order valence-electron chi connectivity index (χ1n) is 7.02. The molecule has 4 nitrogen and oxygen atoms in total. The Morgan fingerprint density at radius 1 is 1.48 bits per heavy atom. The summed E-state index contributed by atoms with van der Waals surface area (Å²) < 4.78 is 5.42. The molecule has 1 unspecified atom stereocenters. The van der Waals surface area contributed by atoms with Gasteiger partial charge in [-0.2, -0.15) is 0 Å². The van der Waals surface area contributed by atoms with Crippen LogP contribution in [0.1, 0.15) is 32.4 Å². The standard InChI is InChI=1S/C17H24N2O2/c1-6-10-21-15-9-7-8-14(11-15)13(2)19-12-17(3,4)16(20)18-5/h1,7-9,11,13,19H,10,12H2,2-5H3,(H,18,20). The van der Waals surface area contributed by atoms with E-state index in [1.165, 1.54) is 0 Å². The van der Waals surface area contributed by atoms with Gasteiger partial charge in [0.15, 0.2) is 0 Å². The highest BCUT2D eigenvalue weighted by molar-refractivity contribution is 5.81. The summed E-state index contributed by atoms with van der Waals surface area (Å²) >= 11 is 0. The molecule has 0 radical (unpaired) electrons. The fourth-order valence-corrected chi connectivity index (χ4v) is 1.94. The minimum Gasteiger partial charge on any atom is -0.481 e. The molecule has 0 aliphatic rings. The molecule has 2 N–H and O–H groups in total. The van der Waals surface area contributed by atoms with Crippen LogP contribution in [0.5, 0.6) is 5.75 Å². The van der Waals surface area contributed by atoms with Crippen molar-refractivity contribution in [2.75, 3.05) is 20.2 Å². The lowest BCUT2D eigenvalue weighted by atomic mass is 9.91. The molecule has 114 valence electrons. The zero-order valence-corrected chi connectivity index (χ0v) is 13.2. The van der Waals surface area contributed by atoms with Gasteiger partial charge in [0.05, 0.1) is 5.41 Å². The van der Waals surface area contributed by atoms with E-state index in [-0.39, 0.29) is 18.6 Å². The van der Waals surface area contributed by atoms with Crippen molar-refractivity contribution in [3.63, 3.8) is 0 Å². The number of carbonyl (C=O) groups excluding carboxylic acids is 1. The highest BCUT2D eigenvalue weighted by Crippen LogP contribution is 2.21. The molecule has 0 aliphatic carbocycles. The third kappa shape index (κ3) is 5.13. The summed E-state index contributed by atoms with van der Waals surface area (Å²) in [6, 6.07) is 7.91. The van der Waals surface area contributed by atoms with Crippen LogP contribution in [-0.4, -0.2) is 26.1 Å². The maximum Gasteiger partial charge on any atom is 0.226 e. The number of ether oxygens (including phenoxy) is 1. The molecule has 1 aromatic rings. The molecule has 0 heterocycles. The average molecular weight is 288 g/mol. The number of amides is 1. The largest absolute Gasteiger partial charge is 0.481 e. The summed E-state index contributed by atoms with van der Waals surface area (Å²) in [5, 5.41) is 6.06. The second-order valence-electron chi connectivity index (χ2n) is 5.63. The Morgan fingerprint density at radius 3 is 2.81 bits per heavy atom. The molecule has 1 aromatic carbocycles. The Labute approximate surface area is 127 Å². The molecule has 0 fully saturated rings. The van der Waals surface area contributed by atoms with Gasteiger partial charge in [0.25, 0.3) is 0 Å². The average Bonchev–Trinajstić information content (AvgIpc) is 2.50. The zero-order valence-electron chi connectivity index (χ0n) is 13.2. The van der Waals surface area contributed by atoms with E-state index in [0.717, 1.165) is 11.3 Å². The molecule has 0 aliphatic heterocycles. The first kappa shape index (κ1) is 17.1. The van der Waals surface area contributed by atoms with Crippen molar-refractivity contribution in [3.05, 3.63) is 29.8 Å². The van der Waals surface area contributed by atoms with Crippen LogP contribution in [0, 0.1) is 17.8 Å². The first-order chi connectivity index (χ1) is 9.90. The van der Waals surface area contributed by atoms with E-state index in [2.05, 4.69) is 23.5 Å². The third-order valence-corrected chi connectivity index (χ3v) is 3.37. The van der Waals surface area contributed by atoms with Crippen LogP contribution in [0.2, 0.25) is 0 Å². The van der Waals surface area contributed by atoms with E-state index >= 15 is 0 Å². The maximum atomic E-state index is 11.8. The van der Waals surface area contributed by atoms with Crippen molar-refractivity contribution in [1.82, 2.24) is 10.6 Å². The Bertz CT molecular complexity index is 518.